The molecule has 2 saturated carbocycles. The zero-order valence-corrected chi connectivity index (χ0v) is 21.8. The molecule has 0 N–H and O–H groups in total. The molecule has 6 rings (SSSR count). The zero-order chi connectivity index (χ0) is 24.6. The second kappa shape index (κ2) is 10.1. The van der Waals surface area contributed by atoms with Gasteiger partial charge in [-0.1, -0.05) is 37.1 Å². The largest absolute Gasteiger partial charge is 0.484 e. The highest BCUT2D eigenvalue weighted by molar-refractivity contribution is 6.30. The smallest absolute Gasteiger partial charge is 0.260 e. The van der Waals surface area contributed by atoms with Crippen LogP contribution in [0.25, 0.3) is 0 Å². The summed E-state index contributed by atoms with van der Waals surface area (Å²) in [6.07, 6.45) is 6.98. The van der Waals surface area contributed by atoms with Crippen molar-refractivity contribution in [1.29, 1.82) is 0 Å². The van der Waals surface area contributed by atoms with Crippen molar-refractivity contribution in [2.24, 2.45) is 23.2 Å². The van der Waals surface area contributed by atoms with E-state index in [9.17, 15) is 9.59 Å². The van der Waals surface area contributed by atoms with Gasteiger partial charge in [-0.25, -0.2) is 0 Å². The van der Waals surface area contributed by atoms with Gasteiger partial charge in [0, 0.05) is 56.8 Å². The Bertz CT molecular complexity index is 964. The molecule has 5 aliphatic rings. The van der Waals surface area contributed by atoms with Crippen LogP contribution < -0.4 is 4.74 Å². The molecule has 0 aromatic heterocycles. The molecule has 7 heteroatoms. The molecule has 1 saturated heterocycles. The van der Waals surface area contributed by atoms with E-state index in [2.05, 4.69) is 29.7 Å². The van der Waals surface area contributed by atoms with E-state index >= 15 is 0 Å². The summed E-state index contributed by atoms with van der Waals surface area (Å²) < 4.78 is 5.62. The molecular weight excluding hydrogens is 462 g/mol. The van der Waals surface area contributed by atoms with Gasteiger partial charge in [-0.3, -0.25) is 14.5 Å². The van der Waals surface area contributed by atoms with Crippen LogP contribution >= 0.6 is 11.6 Å². The van der Waals surface area contributed by atoms with E-state index in [1.165, 1.54) is 18.4 Å². The molecule has 3 fully saturated rings. The highest BCUT2D eigenvalue weighted by Crippen LogP contribution is 2.59. The second-order valence-corrected chi connectivity index (χ2v) is 11.8. The maximum Gasteiger partial charge on any atom is 0.260 e. The number of halogens is 1. The molecule has 1 aliphatic heterocycles. The number of hydrogen-bond acceptors (Lipinski definition) is 4. The zero-order valence-electron chi connectivity index (χ0n) is 21.0. The number of allylic oxidation sites excluding steroid dienone is 1. The van der Waals surface area contributed by atoms with Gasteiger partial charge in [-0.2, -0.15) is 0 Å². The number of piperazine rings is 1. The van der Waals surface area contributed by atoms with E-state index in [0.29, 0.717) is 41.1 Å². The molecule has 0 radical (unpaired) electrons. The minimum Gasteiger partial charge on any atom is -0.484 e. The van der Waals surface area contributed by atoms with E-state index < -0.39 is 0 Å². The Morgan fingerprint density at radius 1 is 1.11 bits per heavy atom. The third-order valence-electron chi connectivity index (χ3n) is 8.78. The molecule has 6 nitrogen and oxygen atoms in total. The van der Waals surface area contributed by atoms with Crippen molar-refractivity contribution in [2.45, 2.75) is 39.5 Å². The fourth-order valence-corrected chi connectivity index (χ4v) is 6.11. The Labute approximate surface area is 214 Å². The number of fused-ring (bicyclic) bond motifs is 1. The quantitative estimate of drug-likeness (QED) is 0.480. The number of rotatable bonds is 9. The van der Waals surface area contributed by atoms with Crippen LogP contribution in [0.1, 0.15) is 39.5 Å². The molecule has 1 heterocycles. The molecule has 190 valence electrons. The fraction of sp³-hybridized carbons (Fsp3) is 0.643. The maximum absolute atomic E-state index is 13.1. The summed E-state index contributed by atoms with van der Waals surface area (Å²) in [5.74, 6) is 2.71. The predicted octanol–water partition coefficient (Wildman–Crippen LogP) is 4.09. The molecule has 2 unspecified atom stereocenters. The number of ether oxygens (including phenoxy) is 1. The number of nitrogens with zero attached hydrogens (tertiary/aromatic N) is 3. The lowest BCUT2D eigenvalue weighted by Crippen LogP contribution is -2.53. The van der Waals surface area contributed by atoms with Gasteiger partial charge in [0.2, 0.25) is 5.91 Å². The highest BCUT2D eigenvalue weighted by atomic mass is 35.5. The van der Waals surface area contributed by atoms with Crippen molar-refractivity contribution in [3.8, 4) is 5.75 Å². The lowest BCUT2D eigenvalue weighted by molar-refractivity contribution is -0.135. The highest BCUT2D eigenvalue weighted by Gasteiger charge is 2.51. The maximum atomic E-state index is 13.1. The SMILES string of the molecule is CC1(C)C2CC=C(CN(CCN3CCN(C(=O)COc4ccc(Cl)cc4)CC3)C(=O)C3CC3)C1C2. The van der Waals surface area contributed by atoms with E-state index in [0.717, 1.165) is 51.5 Å². The van der Waals surface area contributed by atoms with Crippen molar-refractivity contribution >= 4 is 23.4 Å². The number of amides is 2. The summed E-state index contributed by atoms with van der Waals surface area (Å²) in [6, 6.07) is 7.06. The van der Waals surface area contributed by atoms with Gasteiger partial charge >= 0.3 is 0 Å². The Balaban J connectivity index is 1.08. The van der Waals surface area contributed by atoms with Gasteiger partial charge in [0.25, 0.3) is 5.91 Å². The summed E-state index contributed by atoms with van der Waals surface area (Å²) in [6.45, 7) is 10.3. The molecule has 2 bridgehead atoms. The normalized spacial score (nSPS) is 25.5. The first-order valence-electron chi connectivity index (χ1n) is 13.2. The Morgan fingerprint density at radius 3 is 2.46 bits per heavy atom. The third kappa shape index (κ3) is 5.54. The molecule has 4 aliphatic carbocycles. The van der Waals surface area contributed by atoms with Gasteiger partial charge in [0.1, 0.15) is 5.75 Å². The lowest BCUT2D eigenvalue weighted by atomic mass is 9.49. The molecule has 1 aromatic carbocycles. The Morgan fingerprint density at radius 2 is 1.83 bits per heavy atom. The number of carbonyl (C=O) groups excluding carboxylic acids is 2. The van der Waals surface area contributed by atoms with E-state index in [1.807, 2.05) is 4.90 Å². The number of carbonyl (C=O) groups is 2. The summed E-state index contributed by atoms with van der Waals surface area (Å²) in [7, 11) is 0. The summed E-state index contributed by atoms with van der Waals surface area (Å²) in [5, 5.41) is 0.646. The van der Waals surface area contributed by atoms with Crippen LogP contribution in [0.4, 0.5) is 0 Å². The molecule has 2 amide bonds. The summed E-state index contributed by atoms with van der Waals surface area (Å²) >= 11 is 5.90. The summed E-state index contributed by atoms with van der Waals surface area (Å²) in [4.78, 5) is 32.1. The Kier molecular flexibility index (Phi) is 7.13. The molecule has 0 spiro atoms. The number of hydrogen-bond donors (Lipinski definition) is 0. The standard InChI is InChI=1S/C28H38ClN3O3/c1-28(2)22-6-5-21(25(28)17-22)18-32(27(34)20-3-4-20)16-13-30-11-14-31(15-12-30)26(33)19-35-24-9-7-23(29)8-10-24/h5,7-10,20,22,25H,3-4,6,11-19H2,1-2H3. The van der Waals surface area contributed by atoms with E-state index in [-0.39, 0.29) is 18.4 Å². The van der Waals surface area contributed by atoms with Gasteiger partial charge < -0.3 is 14.5 Å². The van der Waals surface area contributed by atoms with Crippen LogP contribution in [0.15, 0.2) is 35.9 Å². The van der Waals surface area contributed by atoms with Crippen molar-refractivity contribution < 1.29 is 14.3 Å². The first kappa shape index (κ1) is 24.6. The lowest BCUT2D eigenvalue weighted by Gasteiger charge is -2.57. The van der Waals surface area contributed by atoms with Crippen LogP contribution in [0.3, 0.4) is 0 Å². The van der Waals surface area contributed by atoms with Crippen LogP contribution in [0, 0.1) is 23.2 Å². The molecular formula is C28H38ClN3O3. The first-order chi connectivity index (χ1) is 16.8. The molecule has 35 heavy (non-hydrogen) atoms. The summed E-state index contributed by atoms with van der Waals surface area (Å²) in [5.41, 5.74) is 1.88. The minimum atomic E-state index is 0.00999. The fourth-order valence-electron chi connectivity index (χ4n) is 5.98. The number of benzene rings is 1. The van der Waals surface area contributed by atoms with Crippen molar-refractivity contribution in [3.05, 3.63) is 40.9 Å². The van der Waals surface area contributed by atoms with Crippen LogP contribution in [0.5, 0.6) is 5.75 Å². The topological polar surface area (TPSA) is 53.1 Å². The molecule has 2 atom stereocenters. The van der Waals surface area contributed by atoms with E-state index in [1.54, 1.807) is 24.3 Å². The third-order valence-corrected chi connectivity index (χ3v) is 9.03. The van der Waals surface area contributed by atoms with Gasteiger partial charge in [-0.15, -0.1) is 0 Å². The van der Waals surface area contributed by atoms with Crippen molar-refractivity contribution in [2.75, 3.05) is 52.4 Å². The van der Waals surface area contributed by atoms with Crippen LogP contribution in [-0.4, -0.2) is 78.9 Å². The van der Waals surface area contributed by atoms with Gasteiger partial charge in [0.15, 0.2) is 6.61 Å². The van der Waals surface area contributed by atoms with Crippen molar-refractivity contribution in [3.63, 3.8) is 0 Å². The van der Waals surface area contributed by atoms with Crippen LogP contribution in [0.2, 0.25) is 5.02 Å². The average Bonchev–Trinajstić information content (AvgIpc) is 3.71. The minimum absolute atomic E-state index is 0.00999. The van der Waals surface area contributed by atoms with Gasteiger partial charge in [-0.05, 0) is 67.2 Å². The average molecular weight is 500 g/mol. The first-order valence-corrected chi connectivity index (χ1v) is 13.6. The van der Waals surface area contributed by atoms with E-state index in [4.69, 9.17) is 16.3 Å². The monoisotopic (exact) mass is 499 g/mol. The van der Waals surface area contributed by atoms with Crippen LogP contribution in [-0.2, 0) is 9.59 Å². The van der Waals surface area contributed by atoms with Crippen molar-refractivity contribution in [1.82, 2.24) is 14.7 Å². The second-order valence-electron chi connectivity index (χ2n) is 11.3. The van der Waals surface area contributed by atoms with Gasteiger partial charge in [0.05, 0.1) is 0 Å². The Hall–Kier alpha value is -2.05. The predicted molar refractivity (Wildman–Crippen MR) is 137 cm³/mol. The molecule has 1 aromatic rings.